The van der Waals surface area contributed by atoms with Gasteiger partial charge >= 0.3 is 5.97 Å². The Morgan fingerprint density at radius 1 is 1.35 bits per heavy atom. The van der Waals surface area contributed by atoms with Crippen LogP contribution >= 0.6 is 0 Å². The van der Waals surface area contributed by atoms with Crippen LogP contribution in [0.3, 0.4) is 0 Å². The predicted octanol–water partition coefficient (Wildman–Crippen LogP) is 0.718. The third-order valence-corrected chi connectivity index (χ3v) is 4.93. The Balaban J connectivity index is 2.00. The van der Waals surface area contributed by atoms with E-state index in [9.17, 15) is 24.2 Å². The highest BCUT2D eigenvalue weighted by atomic mass is 19.1. The summed E-state index contributed by atoms with van der Waals surface area (Å²) in [5.41, 5.74) is -0.584. The first-order valence-electron chi connectivity index (χ1n) is 8.31. The molecule has 1 aromatic heterocycles. The quantitative estimate of drug-likeness (QED) is 0.812. The molecular weight excluding hydrogens is 345 g/mol. The second kappa shape index (κ2) is 5.87. The molecule has 3 heterocycles. The molecule has 138 valence electrons. The highest BCUT2D eigenvalue weighted by Gasteiger charge is 2.30. The smallest absolute Gasteiger partial charge is 0.341 e. The van der Waals surface area contributed by atoms with Crippen LogP contribution in [0.4, 0.5) is 10.1 Å². The lowest BCUT2D eigenvalue weighted by atomic mass is 10.0. The van der Waals surface area contributed by atoms with E-state index in [0.717, 1.165) is 6.07 Å². The number of halogens is 1. The van der Waals surface area contributed by atoms with E-state index in [1.807, 2.05) is 0 Å². The minimum absolute atomic E-state index is 0.0373. The maximum absolute atomic E-state index is 14.9. The number of ether oxygens (including phenoxy) is 1. The van der Waals surface area contributed by atoms with Gasteiger partial charge in [0.05, 0.1) is 11.5 Å². The third-order valence-electron chi connectivity index (χ3n) is 4.93. The van der Waals surface area contributed by atoms with Crippen LogP contribution in [-0.4, -0.2) is 53.8 Å². The van der Waals surface area contributed by atoms with Gasteiger partial charge in [-0.1, -0.05) is 0 Å². The summed E-state index contributed by atoms with van der Waals surface area (Å²) < 4.78 is 22.2. The number of aliphatic hydroxyl groups is 1. The Labute approximate surface area is 147 Å². The fraction of sp³-hybridized carbons (Fsp3) is 0.412. The van der Waals surface area contributed by atoms with Gasteiger partial charge in [0.15, 0.2) is 18.3 Å². The number of hydrogen-bond donors (Lipinski definition) is 2. The summed E-state index contributed by atoms with van der Waals surface area (Å²) in [5.74, 6) is -1.78. The normalized spacial score (nSPS) is 17.5. The molecule has 2 N–H and O–H groups in total. The number of carboxylic acids is 1. The summed E-state index contributed by atoms with van der Waals surface area (Å²) in [6.07, 6.45) is 1.86. The number of anilines is 1. The summed E-state index contributed by atoms with van der Waals surface area (Å²) >= 11 is 0. The number of aromatic nitrogens is 1. The zero-order valence-electron chi connectivity index (χ0n) is 14.1. The van der Waals surface area contributed by atoms with E-state index in [-0.39, 0.29) is 23.6 Å². The van der Waals surface area contributed by atoms with Gasteiger partial charge in [0.1, 0.15) is 16.8 Å². The number of rotatable bonds is 2. The van der Waals surface area contributed by atoms with Crippen LogP contribution < -0.4 is 20.1 Å². The fourth-order valence-electron chi connectivity index (χ4n) is 3.56. The van der Waals surface area contributed by atoms with Gasteiger partial charge in [-0.3, -0.25) is 14.5 Å². The Bertz CT molecular complexity index is 965. The standard InChI is InChI=1S/C17H18FN3O5/c1-19-8-26-16-13-10(15(23)11(17(24)25)7-21(13)19)6-12(18)14(16)20-4-2-9(22)3-5-20/h6-7,9,22H,2-5,8H2,1H3,(H,24,25). The number of aliphatic hydroxyl groups excluding tert-OH is 1. The van der Waals surface area contributed by atoms with Crippen LogP contribution in [0.5, 0.6) is 5.75 Å². The van der Waals surface area contributed by atoms with Crippen molar-refractivity contribution >= 4 is 22.6 Å². The average molecular weight is 363 g/mol. The predicted molar refractivity (Wildman–Crippen MR) is 92.2 cm³/mol. The average Bonchev–Trinajstić information content (AvgIpc) is 2.60. The van der Waals surface area contributed by atoms with E-state index in [4.69, 9.17) is 4.74 Å². The lowest BCUT2D eigenvalue weighted by molar-refractivity contribution is 0.0694. The maximum Gasteiger partial charge on any atom is 0.341 e. The van der Waals surface area contributed by atoms with Crippen molar-refractivity contribution in [1.82, 2.24) is 4.68 Å². The lowest BCUT2D eigenvalue weighted by Gasteiger charge is -2.36. The fourth-order valence-corrected chi connectivity index (χ4v) is 3.56. The molecule has 0 spiro atoms. The zero-order chi connectivity index (χ0) is 18.6. The van der Waals surface area contributed by atoms with Crippen LogP contribution in [0.1, 0.15) is 23.2 Å². The van der Waals surface area contributed by atoms with Crippen LogP contribution in [-0.2, 0) is 0 Å². The molecule has 0 radical (unpaired) electrons. The number of carbonyl (C=O) groups is 1. The number of benzene rings is 1. The molecule has 2 aliphatic rings. The highest BCUT2D eigenvalue weighted by molar-refractivity contribution is 5.97. The van der Waals surface area contributed by atoms with E-state index in [2.05, 4.69) is 0 Å². The van der Waals surface area contributed by atoms with Crippen LogP contribution in [0.15, 0.2) is 17.1 Å². The first kappa shape index (κ1) is 16.6. The summed E-state index contributed by atoms with van der Waals surface area (Å²) in [6, 6.07) is 1.08. The van der Waals surface area contributed by atoms with Gasteiger partial charge in [-0.2, -0.15) is 0 Å². The van der Waals surface area contributed by atoms with E-state index < -0.39 is 28.9 Å². The number of nitrogens with zero attached hydrogens (tertiary/aromatic N) is 3. The zero-order valence-corrected chi connectivity index (χ0v) is 14.1. The van der Waals surface area contributed by atoms with Crippen LogP contribution in [0.2, 0.25) is 0 Å². The Morgan fingerprint density at radius 3 is 2.69 bits per heavy atom. The van der Waals surface area contributed by atoms with E-state index in [1.54, 1.807) is 17.0 Å². The van der Waals surface area contributed by atoms with Crippen molar-refractivity contribution in [2.75, 3.05) is 36.8 Å². The van der Waals surface area contributed by atoms with Gasteiger partial charge in [0.2, 0.25) is 5.43 Å². The number of carboxylic acid groups (broad SMARTS) is 1. The molecule has 0 aliphatic carbocycles. The summed E-state index contributed by atoms with van der Waals surface area (Å²) in [5, 5.41) is 20.5. The molecule has 1 aromatic carbocycles. The molecule has 1 fully saturated rings. The monoisotopic (exact) mass is 363 g/mol. The van der Waals surface area contributed by atoms with Gasteiger partial charge in [0.25, 0.3) is 0 Å². The first-order valence-corrected chi connectivity index (χ1v) is 8.31. The Morgan fingerprint density at radius 2 is 2.04 bits per heavy atom. The van der Waals surface area contributed by atoms with Crippen molar-refractivity contribution in [2.24, 2.45) is 0 Å². The Hall–Kier alpha value is -2.81. The van der Waals surface area contributed by atoms with E-state index in [0.29, 0.717) is 31.4 Å². The van der Waals surface area contributed by atoms with Gasteiger partial charge in [-0.15, -0.1) is 0 Å². The van der Waals surface area contributed by atoms with Crippen molar-refractivity contribution in [3.8, 4) is 5.75 Å². The van der Waals surface area contributed by atoms with Gasteiger partial charge < -0.3 is 19.8 Å². The second-order valence-corrected chi connectivity index (χ2v) is 6.60. The largest absolute Gasteiger partial charge is 0.477 e. The molecule has 9 heteroatoms. The number of piperidine rings is 1. The molecule has 2 aromatic rings. The number of hydrogen-bond acceptors (Lipinski definition) is 6. The van der Waals surface area contributed by atoms with Crippen molar-refractivity contribution < 1.29 is 24.1 Å². The molecule has 0 bridgehead atoms. The topological polar surface area (TPSA) is 95.2 Å². The van der Waals surface area contributed by atoms with E-state index >= 15 is 0 Å². The molecule has 4 rings (SSSR count). The van der Waals surface area contributed by atoms with Crippen molar-refractivity contribution in [2.45, 2.75) is 18.9 Å². The molecular formula is C17H18FN3O5. The number of pyridine rings is 1. The van der Waals surface area contributed by atoms with Crippen molar-refractivity contribution in [3.05, 3.63) is 33.9 Å². The summed E-state index contributed by atoms with van der Waals surface area (Å²) in [7, 11) is 1.68. The van der Waals surface area contributed by atoms with E-state index in [1.165, 1.54) is 10.9 Å². The van der Waals surface area contributed by atoms with Crippen LogP contribution in [0, 0.1) is 5.82 Å². The first-order chi connectivity index (χ1) is 12.4. The Kier molecular flexibility index (Phi) is 3.76. The second-order valence-electron chi connectivity index (χ2n) is 6.60. The molecule has 26 heavy (non-hydrogen) atoms. The molecule has 0 unspecified atom stereocenters. The van der Waals surface area contributed by atoms with Gasteiger partial charge in [-0.25, -0.2) is 9.18 Å². The van der Waals surface area contributed by atoms with Gasteiger partial charge in [0, 0.05) is 26.3 Å². The van der Waals surface area contributed by atoms with Crippen molar-refractivity contribution in [3.63, 3.8) is 0 Å². The maximum atomic E-state index is 14.9. The molecule has 0 atom stereocenters. The molecule has 2 aliphatic heterocycles. The minimum Gasteiger partial charge on any atom is -0.477 e. The molecule has 8 nitrogen and oxygen atoms in total. The van der Waals surface area contributed by atoms with Gasteiger partial charge in [-0.05, 0) is 18.9 Å². The molecule has 0 amide bonds. The number of aromatic carboxylic acids is 1. The minimum atomic E-state index is -1.36. The summed E-state index contributed by atoms with van der Waals surface area (Å²) in [6.45, 7) is 1.01. The molecule has 1 saturated heterocycles. The summed E-state index contributed by atoms with van der Waals surface area (Å²) in [4.78, 5) is 25.7. The third kappa shape index (κ3) is 2.38. The lowest BCUT2D eigenvalue weighted by Crippen LogP contribution is -2.41. The molecule has 0 saturated carbocycles. The SMILES string of the molecule is CN1COc2c(N3CCC(O)CC3)c(F)cc3c(=O)c(C(=O)O)cn1c23. The highest BCUT2D eigenvalue weighted by Crippen LogP contribution is 2.40. The van der Waals surface area contributed by atoms with Crippen molar-refractivity contribution in [1.29, 1.82) is 0 Å². The van der Waals surface area contributed by atoms with Crippen LogP contribution in [0.25, 0.3) is 10.9 Å².